The molecule has 3 N–H and O–H groups in total. The lowest BCUT2D eigenvalue weighted by molar-refractivity contribution is -0.153. The Morgan fingerprint density at radius 2 is 1.91 bits per heavy atom. The second-order valence-corrected chi connectivity index (χ2v) is 8.71. The molecule has 4 nitrogen and oxygen atoms in total. The van der Waals surface area contributed by atoms with Crippen molar-refractivity contribution in [2.24, 2.45) is 0 Å². The number of benzene rings is 1. The normalized spacial score (nSPS) is 18.1. The van der Waals surface area contributed by atoms with Gasteiger partial charge in [0.1, 0.15) is 16.3 Å². The number of hydrogen-bond acceptors (Lipinski definition) is 5. The summed E-state index contributed by atoms with van der Waals surface area (Å²) in [6, 6.07) is 3.92. The van der Waals surface area contributed by atoms with Crippen molar-refractivity contribution in [3.05, 3.63) is 33.9 Å². The first-order valence-electron chi connectivity index (χ1n) is 7.64. The third kappa shape index (κ3) is 3.83. The van der Waals surface area contributed by atoms with Crippen molar-refractivity contribution in [2.45, 2.75) is 63.9 Å². The topological polar surface area (TPSA) is 72.5 Å². The Kier molecular flexibility index (Phi) is 4.46. The van der Waals surface area contributed by atoms with Crippen LogP contribution in [-0.4, -0.2) is 16.7 Å². The third-order valence-corrected chi connectivity index (χ3v) is 4.96. The quantitative estimate of drug-likeness (QED) is 0.616. The van der Waals surface area contributed by atoms with E-state index in [4.69, 9.17) is 10.5 Å². The number of nitrogen functional groups attached to an aromatic ring is 1. The summed E-state index contributed by atoms with van der Waals surface area (Å²) in [5.74, 6) is -0.385. The predicted molar refractivity (Wildman–Crippen MR) is 94.6 cm³/mol. The van der Waals surface area contributed by atoms with Crippen molar-refractivity contribution >= 4 is 23.4 Å². The van der Waals surface area contributed by atoms with Gasteiger partial charge in [0.15, 0.2) is 0 Å². The summed E-state index contributed by atoms with van der Waals surface area (Å²) in [5, 5.41) is 10.3. The second-order valence-electron chi connectivity index (χ2n) is 7.66. The third-order valence-electron chi connectivity index (χ3n) is 3.80. The van der Waals surface area contributed by atoms with Gasteiger partial charge in [-0.05, 0) is 49.4 Å². The molecule has 1 aromatic carbocycles. The summed E-state index contributed by atoms with van der Waals surface area (Å²) >= 11 is 1.26. The van der Waals surface area contributed by atoms with Crippen LogP contribution in [0.1, 0.15) is 52.2 Å². The monoisotopic (exact) mass is 335 g/mol. The second kappa shape index (κ2) is 5.78. The highest BCUT2D eigenvalue weighted by Crippen LogP contribution is 2.42. The number of aliphatic hydroxyl groups excluding tert-OH is 1. The van der Waals surface area contributed by atoms with Crippen LogP contribution >= 0.6 is 11.8 Å². The molecule has 0 saturated carbocycles. The summed E-state index contributed by atoms with van der Waals surface area (Å²) < 4.78 is 5.41. The highest BCUT2D eigenvalue weighted by molar-refractivity contribution is 8.04. The molecule has 0 bridgehead atoms. The molecule has 0 amide bonds. The molecule has 5 heteroatoms. The molecule has 0 atom stereocenters. The van der Waals surface area contributed by atoms with E-state index in [0.29, 0.717) is 6.42 Å². The molecule has 2 rings (SSSR count). The van der Waals surface area contributed by atoms with Crippen molar-refractivity contribution in [1.82, 2.24) is 0 Å². The molecule has 23 heavy (non-hydrogen) atoms. The molecule has 1 aliphatic heterocycles. The van der Waals surface area contributed by atoms with E-state index in [1.165, 1.54) is 11.8 Å². The Labute approximate surface area is 142 Å². The number of anilines is 1. The van der Waals surface area contributed by atoms with Crippen LogP contribution in [0.4, 0.5) is 5.69 Å². The summed E-state index contributed by atoms with van der Waals surface area (Å²) in [5.41, 5.74) is 7.97. The SMILES string of the molecule is Cc1cc(SC2=C(O)CC(C)(C)OC2=O)c(C(C)(C)C)cc1N. The van der Waals surface area contributed by atoms with Crippen molar-refractivity contribution < 1.29 is 14.6 Å². The molecule has 0 aliphatic carbocycles. The molecule has 1 aromatic rings. The fourth-order valence-corrected chi connectivity index (χ4v) is 3.76. The summed E-state index contributed by atoms with van der Waals surface area (Å²) in [6.45, 7) is 11.8. The van der Waals surface area contributed by atoms with E-state index in [9.17, 15) is 9.90 Å². The number of carbonyl (C=O) groups is 1. The van der Waals surface area contributed by atoms with Gasteiger partial charge in [-0.2, -0.15) is 0 Å². The van der Waals surface area contributed by atoms with Crippen LogP contribution in [0.3, 0.4) is 0 Å². The number of aryl methyl sites for hydroxylation is 1. The Hall–Kier alpha value is -1.62. The zero-order chi connectivity index (χ0) is 17.6. The smallest absolute Gasteiger partial charge is 0.348 e. The molecule has 0 unspecified atom stereocenters. The molecule has 0 aromatic heterocycles. The number of rotatable bonds is 2. The number of cyclic esters (lactones) is 1. The number of nitrogens with two attached hydrogens (primary N) is 1. The van der Waals surface area contributed by atoms with E-state index >= 15 is 0 Å². The van der Waals surface area contributed by atoms with Crippen LogP contribution in [0.25, 0.3) is 0 Å². The van der Waals surface area contributed by atoms with Crippen LogP contribution in [0.5, 0.6) is 0 Å². The molecule has 0 radical (unpaired) electrons. The van der Waals surface area contributed by atoms with Gasteiger partial charge < -0.3 is 15.6 Å². The van der Waals surface area contributed by atoms with Gasteiger partial charge in [-0.1, -0.05) is 32.5 Å². The van der Waals surface area contributed by atoms with Crippen molar-refractivity contribution in [2.75, 3.05) is 5.73 Å². The molecule has 0 spiro atoms. The van der Waals surface area contributed by atoms with Crippen molar-refractivity contribution in [1.29, 1.82) is 0 Å². The average Bonchev–Trinajstić information content (AvgIpc) is 2.35. The van der Waals surface area contributed by atoms with E-state index in [-0.39, 0.29) is 16.1 Å². The first-order valence-corrected chi connectivity index (χ1v) is 8.46. The van der Waals surface area contributed by atoms with Crippen molar-refractivity contribution in [3.8, 4) is 0 Å². The Morgan fingerprint density at radius 3 is 2.43 bits per heavy atom. The maximum absolute atomic E-state index is 12.3. The average molecular weight is 335 g/mol. The maximum Gasteiger partial charge on any atom is 0.348 e. The van der Waals surface area contributed by atoms with Gasteiger partial charge in [0, 0.05) is 17.0 Å². The van der Waals surface area contributed by atoms with Gasteiger partial charge >= 0.3 is 5.97 Å². The molecule has 1 aliphatic rings. The highest BCUT2D eigenvalue weighted by atomic mass is 32.2. The van der Waals surface area contributed by atoms with Gasteiger partial charge in [-0.15, -0.1) is 0 Å². The van der Waals surface area contributed by atoms with Gasteiger partial charge in [0.2, 0.25) is 0 Å². The first-order chi connectivity index (χ1) is 10.4. The standard InChI is InChI=1S/C18H25NO3S/c1-10-7-14(11(8-12(10)19)17(2,3)4)23-15-13(20)9-18(5,6)22-16(15)21/h7-8,20H,9,19H2,1-6H3. The molecule has 0 fully saturated rings. The van der Waals surface area contributed by atoms with Crippen LogP contribution in [0.2, 0.25) is 0 Å². The summed E-state index contributed by atoms with van der Waals surface area (Å²) in [7, 11) is 0. The lowest BCUT2D eigenvalue weighted by atomic mass is 9.86. The van der Waals surface area contributed by atoms with E-state index < -0.39 is 11.6 Å². The molecule has 1 heterocycles. The minimum absolute atomic E-state index is 0.0885. The minimum atomic E-state index is -0.672. The van der Waals surface area contributed by atoms with E-state index in [2.05, 4.69) is 20.8 Å². The summed E-state index contributed by atoms with van der Waals surface area (Å²) in [4.78, 5) is 13.4. The number of ether oxygens (including phenoxy) is 1. The number of thioether (sulfide) groups is 1. The van der Waals surface area contributed by atoms with Crippen molar-refractivity contribution in [3.63, 3.8) is 0 Å². The lowest BCUT2D eigenvalue weighted by Gasteiger charge is -2.31. The Morgan fingerprint density at radius 1 is 1.30 bits per heavy atom. The van der Waals surface area contributed by atoms with Gasteiger partial charge in [0.05, 0.1) is 0 Å². The fourth-order valence-electron chi connectivity index (χ4n) is 2.51. The zero-order valence-corrected chi connectivity index (χ0v) is 15.4. The Bertz CT molecular complexity index is 684. The molecular weight excluding hydrogens is 310 g/mol. The highest BCUT2D eigenvalue weighted by Gasteiger charge is 2.35. The van der Waals surface area contributed by atoms with E-state index in [1.807, 2.05) is 19.1 Å². The van der Waals surface area contributed by atoms with Crippen LogP contribution in [-0.2, 0) is 14.9 Å². The predicted octanol–water partition coefficient (Wildman–Crippen LogP) is 4.46. The Balaban J connectivity index is 2.48. The maximum atomic E-state index is 12.3. The van der Waals surface area contributed by atoms with Crippen LogP contribution in [0, 0.1) is 6.92 Å². The number of aliphatic hydroxyl groups is 1. The summed E-state index contributed by atoms with van der Waals surface area (Å²) in [6.07, 6.45) is 0.319. The zero-order valence-electron chi connectivity index (χ0n) is 14.6. The molecular formula is C18H25NO3S. The van der Waals surface area contributed by atoms with Gasteiger partial charge in [-0.3, -0.25) is 0 Å². The largest absolute Gasteiger partial charge is 0.511 e. The fraction of sp³-hybridized carbons (Fsp3) is 0.500. The van der Waals surface area contributed by atoms with E-state index in [0.717, 1.165) is 21.7 Å². The molecule has 126 valence electrons. The van der Waals surface area contributed by atoms with Crippen LogP contribution < -0.4 is 5.73 Å². The minimum Gasteiger partial charge on any atom is -0.511 e. The van der Waals surface area contributed by atoms with E-state index in [1.54, 1.807) is 13.8 Å². The number of esters is 1. The van der Waals surface area contributed by atoms with Gasteiger partial charge in [0.25, 0.3) is 0 Å². The van der Waals surface area contributed by atoms with Crippen LogP contribution in [0.15, 0.2) is 27.7 Å². The number of carbonyl (C=O) groups excluding carboxylic acids is 1. The number of hydrogen-bond donors (Lipinski definition) is 2. The molecule has 0 saturated heterocycles. The van der Waals surface area contributed by atoms with Gasteiger partial charge in [-0.25, -0.2) is 4.79 Å². The first kappa shape index (κ1) is 17.7. The lowest BCUT2D eigenvalue weighted by Crippen LogP contribution is -2.33.